The Morgan fingerprint density at radius 1 is 0.900 bits per heavy atom. The number of rotatable bonds is 9. The molecule has 0 unspecified atom stereocenters. The van der Waals surface area contributed by atoms with Gasteiger partial charge in [0.2, 0.25) is 5.91 Å². The van der Waals surface area contributed by atoms with Gasteiger partial charge in [-0.3, -0.25) is 19.6 Å². The van der Waals surface area contributed by atoms with Crippen LogP contribution in [0.5, 0.6) is 0 Å². The average molecular weight is 585 g/mol. The van der Waals surface area contributed by atoms with E-state index in [-0.39, 0.29) is 25.4 Å². The van der Waals surface area contributed by atoms with Crippen molar-refractivity contribution in [3.63, 3.8) is 0 Å². The quantitative estimate of drug-likeness (QED) is 0.129. The van der Waals surface area contributed by atoms with Gasteiger partial charge in [-0.2, -0.15) is 0 Å². The van der Waals surface area contributed by atoms with E-state index in [1.165, 1.54) is 24.5 Å². The summed E-state index contributed by atoms with van der Waals surface area (Å²) in [6.07, 6.45) is -1.21. The molecule has 9 nitrogen and oxygen atoms in total. The number of benzene rings is 3. The number of nitrogens with one attached hydrogen (secondary N) is 4. The third-order valence-corrected chi connectivity index (χ3v) is 5.80. The summed E-state index contributed by atoms with van der Waals surface area (Å²) in [6.45, 7) is 1.86. The van der Waals surface area contributed by atoms with E-state index in [2.05, 4.69) is 27.8 Å². The maximum atomic E-state index is 12.4. The lowest BCUT2D eigenvalue weighted by Gasteiger charge is -2.19. The third-order valence-electron chi connectivity index (χ3n) is 5.37. The Morgan fingerprint density at radius 2 is 1.45 bits per heavy atom. The molecule has 0 aliphatic heterocycles. The summed E-state index contributed by atoms with van der Waals surface area (Å²) in [4.78, 5) is 36.2. The molecule has 0 bridgehead atoms. The van der Waals surface area contributed by atoms with E-state index in [1.807, 2.05) is 0 Å². The highest BCUT2D eigenvalue weighted by Crippen LogP contribution is 2.19. The number of hydrogen-bond acceptors (Lipinski definition) is 6. The molecule has 0 aliphatic carbocycles. The summed E-state index contributed by atoms with van der Waals surface area (Å²) in [7, 11) is 0. The predicted octanol–water partition coefficient (Wildman–Crippen LogP) is 3.74. The molecule has 6 N–H and O–H groups in total. The van der Waals surface area contributed by atoms with Crippen molar-refractivity contribution in [2.75, 3.05) is 11.9 Å². The van der Waals surface area contributed by atoms with Crippen molar-refractivity contribution in [2.24, 2.45) is 0 Å². The lowest BCUT2D eigenvalue weighted by Crippen LogP contribution is -2.51. The topological polar surface area (TPSA) is 140 Å². The number of aliphatic hydroxyl groups excluding tert-OH is 1. The second kappa shape index (κ2) is 15.6. The van der Waals surface area contributed by atoms with Gasteiger partial charge in [0, 0.05) is 39.0 Å². The molecule has 0 radical (unpaired) electrons. The van der Waals surface area contributed by atoms with Crippen LogP contribution in [0.2, 0.25) is 10.0 Å². The van der Waals surface area contributed by atoms with Crippen LogP contribution in [0, 0.1) is 11.8 Å². The molecule has 0 aliphatic rings. The molecule has 3 rings (SSSR count). The van der Waals surface area contributed by atoms with Gasteiger partial charge in [0.1, 0.15) is 6.04 Å². The minimum Gasteiger partial charge on any atom is -0.391 e. The van der Waals surface area contributed by atoms with Crippen molar-refractivity contribution >= 4 is 46.6 Å². The first-order valence-electron chi connectivity index (χ1n) is 11.7. The molecule has 210 valence electrons. The molecule has 3 amide bonds. The first-order chi connectivity index (χ1) is 18.6. The second-order valence-corrected chi connectivity index (χ2v) is 9.37. The smallest absolute Gasteiger partial charge is 0.268 e. The zero-order chi connectivity index (χ0) is 28.4. The van der Waals surface area contributed by atoms with Crippen molar-refractivity contribution in [1.82, 2.24) is 16.1 Å². The fourth-order valence-corrected chi connectivity index (χ4v) is 4.00. The van der Waals surface area contributed by atoms with E-state index < -0.39 is 24.0 Å². The van der Waals surface area contributed by atoms with E-state index in [0.717, 1.165) is 11.1 Å². The molecule has 40 heavy (non-hydrogen) atoms. The maximum Gasteiger partial charge on any atom is 0.268 e. The number of hydroxylamine groups is 1. The Hall–Kier alpha value is -3.91. The van der Waals surface area contributed by atoms with Crippen LogP contribution in [0.15, 0.2) is 66.7 Å². The van der Waals surface area contributed by atoms with Crippen LogP contribution in [0.4, 0.5) is 5.69 Å². The molecule has 0 aromatic heterocycles. The molecular formula is C29H30Cl2N4O5. The van der Waals surface area contributed by atoms with Crippen molar-refractivity contribution in [1.29, 1.82) is 0 Å². The fourth-order valence-electron chi connectivity index (χ4n) is 3.42. The number of amides is 3. The van der Waals surface area contributed by atoms with Crippen molar-refractivity contribution < 1.29 is 24.7 Å². The summed E-state index contributed by atoms with van der Waals surface area (Å²) >= 11 is 12.0. The molecular weight excluding hydrogens is 555 g/mol. The zero-order valence-corrected chi connectivity index (χ0v) is 22.3. The van der Waals surface area contributed by atoms with Gasteiger partial charge in [-0.15, -0.1) is 0 Å². The van der Waals surface area contributed by atoms with Crippen molar-refractivity contribution in [3.05, 3.63) is 99.0 Å². The van der Waals surface area contributed by atoms with Crippen LogP contribution in [0.25, 0.3) is 0 Å². The summed E-state index contributed by atoms with van der Waals surface area (Å²) < 4.78 is 0. The number of carbonyl (C=O) groups is 3. The standard InChI is InChI=1S/C28H26Cl2N4O5.CH4/c1-17(35)26(28(38)34-39)33-27(37)21-8-4-18(5-9-21)2-3-19-6-10-24(11-7-19)32-25(36)16-31-15-20-12-22(29)14-23(30)13-20;/h4-14,17,26,31,35,39H,15-16H2,1H3,(H,32,36)(H,33,37)(H,34,38);1H4/t17-,26+;/m1./s1. The normalized spacial score (nSPS) is 11.6. The predicted molar refractivity (Wildman–Crippen MR) is 155 cm³/mol. The largest absolute Gasteiger partial charge is 0.391 e. The minimum absolute atomic E-state index is 0. The van der Waals surface area contributed by atoms with Gasteiger partial charge in [-0.25, -0.2) is 5.48 Å². The Labute approximate surface area is 242 Å². The van der Waals surface area contributed by atoms with E-state index in [1.54, 1.807) is 54.6 Å². The van der Waals surface area contributed by atoms with E-state index in [0.29, 0.717) is 27.8 Å². The molecule has 0 fully saturated rings. The first-order valence-corrected chi connectivity index (χ1v) is 12.5. The zero-order valence-electron chi connectivity index (χ0n) is 20.8. The van der Waals surface area contributed by atoms with Crippen LogP contribution < -0.4 is 21.4 Å². The van der Waals surface area contributed by atoms with E-state index in [4.69, 9.17) is 28.4 Å². The molecule has 3 aromatic rings. The highest BCUT2D eigenvalue weighted by atomic mass is 35.5. The number of hydrogen-bond donors (Lipinski definition) is 6. The fraction of sp³-hybridized carbons (Fsp3) is 0.207. The Kier molecular flexibility index (Phi) is 12.6. The minimum atomic E-state index is -1.31. The molecule has 0 spiro atoms. The van der Waals surface area contributed by atoms with Gasteiger partial charge in [0.15, 0.2) is 0 Å². The molecule has 3 aromatic carbocycles. The highest BCUT2D eigenvalue weighted by molar-refractivity contribution is 6.34. The van der Waals surface area contributed by atoms with Crippen LogP contribution in [-0.4, -0.2) is 46.7 Å². The monoisotopic (exact) mass is 584 g/mol. The van der Waals surface area contributed by atoms with Crippen LogP contribution in [0.3, 0.4) is 0 Å². The number of halogens is 2. The molecule has 0 saturated carbocycles. The summed E-state index contributed by atoms with van der Waals surface area (Å²) in [5, 5.41) is 27.7. The SMILES string of the molecule is C.C[C@@H](O)[C@H](NC(=O)c1ccc(C#Cc2ccc(NC(=O)CNCc3cc(Cl)cc(Cl)c3)cc2)cc1)C(=O)NO. The van der Waals surface area contributed by atoms with Crippen LogP contribution in [0.1, 0.15) is 41.4 Å². The van der Waals surface area contributed by atoms with Gasteiger partial charge in [-0.1, -0.05) is 42.5 Å². The Morgan fingerprint density at radius 3 is 1.98 bits per heavy atom. The van der Waals surface area contributed by atoms with Gasteiger partial charge in [0.25, 0.3) is 11.8 Å². The number of carbonyl (C=O) groups excluding carboxylic acids is 3. The summed E-state index contributed by atoms with van der Waals surface area (Å²) in [5.41, 5.74) is 4.53. The average Bonchev–Trinajstić information content (AvgIpc) is 2.90. The van der Waals surface area contributed by atoms with Crippen LogP contribution >= 0.6 is 23.2 Å². The maximum absolute atomic E-state index is 12.4. The number of anilines is 1. The summed E-state index contributed by atoms with van der Waals surface area (Å²) in [6, 6.07) is 17.3. The van der Waals surface area contributed by atoms with E-state index >= 15 is 0 Å². The van der Waals surface area contributed by atoms with Crippen molar-refractivity contribution in [3.8, 4) is 11.8 Å². The summed E-state index contributed by atoms with van der Waals surface area (Å²) in [5.74, 6) is 4.27. The lowest BCUT2D eigenvalue weighted by molar-refractivity contribution is -0.133. The van der Waals surface area contributed by atoms with Gasteiger partial charge in [-0.05, 0) is 79.2 Å². The second-order valence-electron chi connectivity index (χ2n) is 8.50. The van der Waals surface area contributed by atoms with Crippen LogP contribution in [-0.2, 0) is 16.1 Å². The third kappa shape index (κ3) is 10.0. The number of aliphatic hydroxyl groups is 1. The van der Waals surface area contributed by atoms with Crippen molar-refractivity contribution in [2.45, 2.75) is 33.0 Å². The highest BCUT2D eigenvalue weighted by Gasteiger charge is 2.25. The van der Waals surface area contributed by atoms with E-state index in [9.17, 15) is 19.5 Å². The Balaban J connectivity index is 0.00000560. The Bertz CT molecular complexity index is 1360. The lowest BCUT2D eigenvalue weighted by atomic mass is 10.1. The van der Waals surface area contributed by atoms with Gasteiger partial charge >= 0.3 is 0 Å². The molecule has 0 heterocycles. The van der Waals surface area contributed by atoms with Gasteiger partial charge < -0.3 is 21.1 Å². The first kappa shape index (κ1) is 32.3. The molecule has 2 atom stereocenters. The molecule has 11 heteroatoms. The molecule has 0 saturated heterocycles. The van der Waals surface area contributed by atoms with Gasteiger partial charge in [0.05, 0.1) is 12.6 Å².